The van der Waals surface area contributed by atoms with Gasteiger partial charge in [0.2, 0.25) is 5.91 Å². The molecule has 1 atom stereocenters. The van der Waals surface area contributed by atoms with Crippen molar-refractivity contribution in [2.24, 2.45) is 5.92 Å². The minimum absolute atomic E-state index is 0.0271. The summed E-state index contributed by atoms with van der Waals surface area (Å²) in [5.41, 5.74) is -0.969. The predicted molar refractivity (Wildman–Crippen MR) is 121 cm³/mol. The lowest BCUT2D eigenvalue weighted by molar-refractivity contribution is -0.116. The van der Waals surface area contributed by atoms with Gasteiger partial charge in [-0.1, -0.05) is 13.8 Å². The zero-order chi connectivity index (χ0) is 24.1. The van der Waals surface area contributed by atoms with Gasteiger partial charge in [0.05, 0.1) is 19.1 Å². The number of hydrogen-bond acceptors (Lipinski definition) is 6. The number of sulfonamides is 1. The first-order chi connectivity index (χ1) is 14.9. The molecular weight excluding hydrogens is 459 g/mol. The first-order valence-electron chi connectivity index (χ1n) is 9.58. The molecule has 0 saturated carbocycles. The second-order valence-corrected chi connectivity index (χ2v) is 10.9. The van der Waals surface area contributed by atoms with E-state index in [0.29, 0.717) is 5.75 Å². The van der Waals surface area contributed by atoms with Crippen LogP contribution in [0.1, 0.15) is 20.3 Å². The maximum Gasteiger partial charge on any atom is 0.337 e. The smallest absolute Gasteiger partial charge is 0.337 e. The molecule has 2 rings (SSSR count). The van der Waals surface area contributed by atoms with E-state index in [-0.39, 0.29) is 34.4 Å². The molecule has 176 valence electrons. The van der Waals surface area contributed by atoms with Gasteiger partial charge in [-0.2, -0.15) is 0 Å². The van der Waals surface area contributed by atoms with Gasteiger partial charge in [0, 0.05) is 17.4 Å². The van der Waals surface area contributed by atoms with E-state index >= 15 is 0 Å². The highest BCUT2D eigenvalue weighted by molar-refractivity contribution is 7.92. The van der Waals surface area contributed by atoms with E-state index in [1.807, 2.05) is 0 Å². The van der Waals surface area contributed by atoms with Crippen LogP contribution in [0.5, 0.6) is 11.5 Å². The van der Waals surface area contributed by atoms with E-state index in [2.05, 4.69) is 10.0 Å². The van der Waals surface area contributed by atoms with Gasteiger partial charge < -0.3 is 24.6 Å². The van der Waals surface area contributed by atoms with E-state index in [4.69, 9.17) is 9.47 Å². The molecule has 4 N–H and O–H groups in total. The summed E-state index contributed by atoms with van der Waals surface area (Å²) in [5, 5.41) is 2.46. The minimum Gasteiger partial charge on any atom is -0.493 e. The first kappa shape index (κ1) is 25.7. The predicted octanol–water partition coefficient (Wildman–Crippen LogP) is 3.04. The van der Waals surface area contributed by atoms with Crippen LogP contribution in [-0.2, 0) is 19.4 Å². The molecule has 0 saturated heterocycles. The Bertz CT molecular complexity index is 1100. The number of carbonyl (C=O) groups excluding carboxylic acids is 1. The molecule has 12 heteroatoms. The molecule has 1 amide bonds. The second-order valence-electron chi connectivity index (χ2n) is 7.42. The van der Waals surface area contributed by atoms with Gasteiger partial charge in [-0.3, -0.25) is 14.1 Å². The molecule has 1 unspecified atom stereocenters. The topological polar surface area (TPSA) is 151 Å². The third-order valence-corrected chi connectivity index (χ3v) is 7.11. The zero-order valence-corrected chi connectivity index (χ0v) is 19.8. The Hall–Kier alpha value is -2.59. The molecule has 0 aliphatic heterocycles. The van der Waals surface area contributed by atoms with Crippen molar-refractivity contribution in [2.45, 2.75) is 30.8 Å². The maximum atomic E-state index is 12.7. The van der Waals surface area contributed by atoms with E-state index in [1.54, 1.807) is 13.8 Å². The molecule has 0 heterocycles. The third-order valence-electron chi connectivity index (χ3n) is 4.47. The number of carbonyl (C=O) groups is 1. The quantitative estimate of drug-likeness (QED) is 0.374. The van der Waals surface area contributed by atoms with Crippen molar-refractivity contribution >= 4 is 34.9 Å². The standard InChI is InChI=1S/C20H27N2O8PS/c1-13(2)11-19(31(24,25)26)20(23)21-14-5-7-15(8-6-14)22-32(27,28)16-9-10-17(29-3)18(12-16)30-4/h5-10,12-13,19,22H,11H2,1-4H3,(H,21,23)(H2,24,25,26). The number of methoxy groups -OCH3 is 2. The largest absolute Gasteiger partial charge is 0.493 e. The van der Waals surface area contributed by atoms with E-state index in [1.165, 1.54) is 56.7 Å². The van der Waals surface area contributed by atoms with Gasteiger partial charge in [-0.15, -0.1) is 0 Å². The number of ether oxygens (including phenoxy) is 2. The van der Waals surface area contributed by atoms with Crippen molar-refractivity contribution in [2.75, 3.05) is 24.3 Å². The molecule has 2 aromatic rings. The Morgan fingerprint density at radius 3 is 2.06 bits per heavy atom. The highest BCUT2D eigenvalue weighted by Crippen LogP contribution is 2.44. The Balaban J connectivity index is 2.15. The number of anilines is 2. The van der Waals surface area contributed by atoms with E-state index < -0.39 is 29.2 Å². The fourth-order valence-corrected chi connectivity index (χ4v) is 5.03. The summed E-state index contributed by atoms with van der Waals surface area (Å²) in [5.74, 6) is -0.246. The average Bonchev–Trinajstić information content (AvgIpc) is 2.71. The molecule has 0 aliphatic rings. The lowest BCUT2D eigenvalue weighted by Crippen LogP contribution is -2.29. The summed E-state index contributed by atoms with van der Waals surface area (Å²) in [6.07, 6.45) is 0.0271. The van der Waals surface area contributed by atoms with Gasteiger partial charge >= 0.3 is 7.60 Å². The van der Waals surface area contributed by atoms with Gasteiger partial charge in [0.1, 0.15) is 5.66 Å². The number of amides is 1. The number of benzene rings is 2. The molecule has 10 nitrogen and oxygen atoms in total. The average molecular weight is 486 g/mol. The second kappa shape index (κ2) is 10.4. The van der Waals surface area contributed by atoms with Crippen molar-refractivity contribution in [3.63, 3.8) is 0 Å². The summed E-state index contributed by atoms with van der Waals surface area (Å²) in [6.45, 7) is 3.52. The van der Waals surface area contributed by atoms with E-state index in [0.717, 1.165) is 0 Å². The van der Waals surface area contributed by atoms with Crippen LogP contribution in [0.2, 0.25) is 0 Å². The normalized spacial score (nSPS) is 12.8. The zero-order valence-electron chi connectivity index (χ0n) is 18.1. The van der Waals surface area contributed by atoms with Crippen LogP contribution in [0, 0.1) is 5.92 Å². The Morgan fingerprint density at radius 2 is 1.56 bits per heavy atom. The lowest BCUT2D eigenvalue weighted by Gasteiger charge is -2.19. The highest BCUT2D eigenvalue weighted by Gasteiger charge is 2.36. The lowest BCUT2D eigenvalue weighted by atomic mass is 10.1. The van der Waals surface area contributed by atoms with Crippen molar-refractivity contribution in [3.8, 4) is 11.5 Å². The fraction of sp³-hybridized carbons (Fsp3) is 0.350. The van der Waals surface area contributed by atoms with Crippen LogP contribution >= 0.6 is 7.60 Å². The molecule has 2 aromatic carbocycles. The van der Waals surface area contributed by atoms with Gasteiger partial charge in [0.15, 0.2) is 11.5 Å². The number of rotatable bonds is 10. The van der Waals surface area contributed by atoms with Crippen molar-refractivity contribution < 1.29 is 37.0 Å². The van der Waals surface area contributed by atoms with Crippen LogP contribution in [0.4, 0.5) is 11.4 Å². The SMILES string of the molecule is COc1ccc(S(=O)(=O)Nc2ccc(NC(=O)C(CC(C)C)P(=O)(O)O)cc2)cc1OC. The Kier molecular flexibility index (Phi) is 8.30. The monoisotopic (exact) mass is 486 g/mol. The van der Waals surface area contributed by atoms with Crippen LogP contribution in [0.25, 0.3) is 0 Å². The Labute approximate surface area is 187 Å². The molecule has 0 bridgehead atoms. The maximum absolute atomic E-state index is 12.7. The van der Waals surface area contributed by atoms with Crippen molar-refractivity contribution in [3.05, 3.63) is 42.5 Å². The minimum atomic E-state index is -4.63. The van der Waals surface area contributed by atoms with Gasteiger partial charge in [-0.25, -0.2) is 8.42 Å². The summed E-state index contributed by atoms with van der Waals surface area (Å²) >= 11 is 0. The number of nitrogens with one attached hydrogen (secondary N) is 2. The molecule has 0 aromatic heterocycles. The van der Waals surface area contributed by atoms with Crippen LogP contribution < -0.4 is 19.5 Å². The molecule has 0 radical (unpaired) electrons. The van der Waals surface area contributed by atoms with Crippen LogP contribution in [0.15, 0.2) is 47.4 Å². The summed E-state index contributed by atoms with van der Waals surface area (Å²) in [6, 6.07) is 9.86. The Morgan fingerprint density at radius 1 is 1.00 bits per heavy atom. The van der Waals surface area contributed by atoms with Crippen LogP contribution in [-0.4, -0.2) is 44.0 Å². The van der Waals surface area contributed by atoms with Gasteiger partial charge in [-0.05, 0) is 48.7 Å². The number of hydrogen-bond donors (Lipinski definition) is 4. The van der Waals surface area contributed by atoms with Crippen LogP contribution in [0.3, 0.4) is 0 Å². The summed E-state index contributed by atoms with van der Waals surface area (Å²) in [4.78, 5) is 31.3. The highest BCUT2D eigenvalue weighted by atomic mass is 32.2. The molecule has 32 heavy (non-hydrogen) atoms. The summed E-state index contributed by atoms with van der Waals surface area (Å²) in [7, 11) is -5.72. The van der Waals surface area contributed by atoms with Gasteiger partial charge in [0.25, 0.3) is 10.0 Å². The summed E-state index contributed by atoms with van der Waals surface area (Å²) < 4.78 is 49.7. The molecular formula is C20H27N2O8PS. The van der Waals surface area contributed by atoms with Crippen molar-refractivity contribution in [1.29, 1.82) is 0 Å². The van der Waals surface area contributed by atoms with E-state index in [9.17, 15) is 27.6 Å². The van der Waals surface area contributed by atoms with Crippen molar-refractivity contribution in [1.82, 2.24) is 0 Å². The molecule has 0 aliphatic carbocycles. The molecule has 0 spiro atoms. The molecule has 0 fully saturated rings. The fourth-order valence-electron chi connectivity index (χ4n) is 2.89. The first-order valence-corrected chi connectivity index (χ1v) is 12.7. The third kappa shape index (κ3) is 6.70.